The molecule has 0 bridgehead atoms. The maximum Gasteiger partial charge on any atom is 0.343 e. The Balaban J connectivity index is 3.22. The predicted molar refractivity (Wildman–Crippen MR) is 52.5 cm³/mol. The number of rotatable bonds is 2. The number of carbonyl (C=O) groups is 1. The topological polar surface area (TPSA) is 61.3 Å². The van der Waals surface area contributed by atoms with Crippen molar-refractivity contribution in [2.75, 3.05) is 14.2 Å². The normalized spacial score (nSPS) is 8.73. The van der Waals surface area contributed by atoms with Gasteiger partial charge in [-0.15, -0.1) is 10.2 Å². The van der Waals surface area contributed by atoms with E-state index < -0.39 is 5.97 Å². The summed E-state index contributed by atoms with van der Waals surface area (Å²) in [5.41, 5.74) is 0.617. The molecule has 0 aromatic carbocycles. The van der Waals surface area contributed by atoms with Crippen molar-refractivity contribution in [2.45, 2.75) is 6.92 Å². The van der Waals surface area contributed by atoms with Crippen LogP contribution in [0.5, 0.6) is 5.88 Å². The molecule has 0 unspecified atom stereocenters. The van der Waals surface area contributed by atoms with E-state index in [0.717, 1.165) is 0 Å². The van der Waals surface area contributed by atoms with Crippen LogP contribution in [0.3, 0.4) is 0 Å². The summed E-state index contributed by atoms with van der Waals surface area (Å²) in [7, 11) is 2.69. The molecule has 0 radical (unpaired) electrons. The fourth-order valence-corrected chi connectivity index (χ4v) is 0.977. The highest BCUT2D eigenvalue weighted by Crippen LogP contribution is 2.14. The summed E-state index contributed by atoms with van der Waals surface area (Å²) in [5, 5.41) is 7.47. The van der Waals surface area contributed by atoms with Gasteiger partial charge in [0.1, 0.15) is 11.3 Å². The molecular weight excluding hydrogens is 196 g/mol. The number of nitrogens with zero attached hydrogens (tertiary/aromatic N) is 2. The molecule has 1 rings (SSSR count). The SMILES string of the molecule is CC#Cc1cc(C(=O)OC)c(OC)nn1. The van der Waals surface area contributed by atoms with E-state index in [4.69, 9.17) is 4.74 Å². The van der Waals surface area contributed by atoms with Gasteiger partial charge in [0, 0.05) is 0 Å². The summed E-state index contributed by atoms with van der Waals surface area (Å²) < 4.78 is 9.46. The molecule has 1 aromatic rings. The molecule has 1 aromatic heterocycles. The first-order valence-electron chi connectivity index (χ1n) is 4.15. The molecule has 15 heavy (non-hydrogen) atoms. The number of hydrogen-bond donors (Lipinski definition) is 0. The fraction of sp³-hybridized carbons (Fsp3) is 0.300. The molecule has 0 saturated carbocycles. The smallest absolute Gasteiger partial charge is 0.343 e. The molecule has 0 atom stereocenters. The van der Waals surface area contributed by atoms with E-state index in [2.05, 4.69) is 26.8 Å². The molecule has 78 valence electrons. The summed E-state index contributed by atoms with van der Waals surface area (Å²) >= 11 is 0. The van der Waals surface area contributed by atoms with Crippen LogP contribution in [0.2, 0.25) is 0 Å². The van der Waals surface area contributed by atoms with Gasteiger partial charge in [0.25, 0.3) is 0 Å². The van der Waals surface area contributed by atoms with Crippen molar-refractivity contribution >= 4 is 5.97 Å². The van der Waals surface area contributed by atoms with Crippen molar-refractivity contribution in [3.63, 3.8) is 0 Å². The van der Waals surface area contributed by atoms with Gasteiger partial charge in [0.15, 0.2) is 0 Å². The van der Waals surface area contributed by atoms with Crippen molar-refractivity contribution < 1.29 is 14.3 Å². The van der Waals surface area contributed by atoms with Crippen LogP contribution in [-0.4, -0.2) is 30.4 Å². The lowest BCUT2D eigenvalue weighted by Gasteiger charge is -2.04. The summed E-state index contributed by atoms with van der Waals surface area (Å²) in [5.74, 6) is 4.95. The van der Waals surface area contributed by atoms with Gasteiger partial charge in [-0.25, -0.2) is 4.79 Å². The monoisotopic (exact) mass is 206 g/mol. The Hall–Kier alpha value is -2.09. The van der Waals surface area contributed by atoms with Crippen LogP contribution >= 0.6 is 0 Å². The first-order chi connectivity index (χ1) is 7.22. The Morgan fingerprint density at radius 3 is 2.67 bits per heavy atom. The molecule has 5 heteroatoms. The molecule has 1 heterocycles. The van der Waals surface area contributed by atoms with Gasteiger partial charge >= 0.3 is 5.97 Å². The summed E-state index contributed by atoms with van der Waals surface area (Å²) in [6.07, 6.45) is 0. The maximum absolute atomic E-state index is 11.3. The Labute approximate surface area is 87.4 Å². The molecular formula is C10H10N2O3. The Bertz CT molecular complexity index is 432. The third-order valence-corrected chi connectivity index (χ3v) is 1.61. The van der Waals surface area contributed by atoms with Gasteiger partial charge in [-0.3, -0.25) is 0 Å². The van der Waals surface area contributed by atoms with E-state index in [-0.39, 0.29) is 11.4 Å². The minimum atomic E-state index is -0.527. The molecule has 0 spiro atoms. The van der Waals surface area contributed by atoms with E-state index in [0.29, 0.717) is 5.69 Å². The van der Waals surface area contributed by atoms with Crippen LogP contribution in [0.1, 0.15) is 23.0 Å². The number of carbonyl (C=O) groups excluding carboxylic acids is 1. The molecule has 0 fully saturated rings. The molecule has 0 amide bonds. The van der Waals surface area contributed by atoms with Gasteiger partial charge in [0.05, 0.1) is 14.2 Å². The van der Waals surface area contributed by atoms with E-state index in [9.17, 15) is 4.79 Å². The highest BCUT2D eigenvalue weighted by Gasteiger charge is 2.15. The maximum atomic E-state index is 11.3. The Morgan fingerprint density at radius 1 is 1.40 bits per heavy atom. The zero-order valence-corrected chi connectivity index (χ0v) is 8.70. The van der Waals surface area contributed by atoms with Crippen molar-refractivity contribution in [1.29, 1.82) is 0 Å². The standard InChI is InChI=1S/C10H10N2O3/c1-4-5-7-6-8(10(13)15-3)9(14-2)12-11-7/h6H,1-3H3. The minimum Gasteiger partial charge on any atom is -0.479 e. The van der Waals surface area contributed by atoms with Crippen molar-refractivity contribution in [1.82, 2.24) is 10.2 Å². The molecule has 5 nitrogen and oxygen atoms in total. The Morgan fingerprint density at radius 2 is 2.13 bits per heavy atom. The fourth-order valence-electron chi connectivity index (χ4n) is 0.977. The molecule has 0 aliphatic carbocycles. The first-order valence-corrected chi connectivity index (χ1v) is 4.15. The minimum absolute atomic E-state index is 0.128. The van der Waals surface area contributed by atoms with Crippen molar-refractivity contribution in [3.8, 4) is 17.7 Å². The highest BCUT2D eigenvalue weighted by atomic mass is 16.5. The third-order valence-electron chi connectivity index (χ3n) is 1.61. The Kier molecular flexibility index (Phi) is 3.63. The van der Waals surface area contributed by atoms with Crippen LogP contribution in [0.4, 0.5) is 0 Å². The van der Waals surface area contributed by atoms with Gasteiger partial charge < -0.3 is 9.47 Å². The van der Waals surface area contributed by atoms with Crippen LogP contribution < -0.4 is 4.74 Å². The van der Waals surface area contributed by atoms with E-state index in [1.807, 2.05) is 0 Å². The zero-order valence-electron chi connectivity index (χ0n) is 8.70. The van der Waals surface area contributed by atoms with Crippen LogP contribution in [0.15, 0.2) is 6.07 Å². The largest absolute Gasteiger partial charge is 0.479 e. The quantitative estimate of drug-likeness (QED) is 0.525. The predicted octanol–water partition coefficient (Wildman–Crippen LogP) is 0.643. The average Bonchev–Trinajstić information content (AvgIpc) is 2.28. The second kappa shape index (κ2) is 4.96. The number of aromatic nitrogens is 2. The second-order valence-corrected chi connectivity index (χ2v) is 2.52. The van der Waals surface area contributed by atoms with E-state index in [1.54, 1.807) is 6.92 Å². The van der Waals surface area contributed by atoms with Crippen molar-refractivity contribution in [3.05, 3.63) is 17.3 Å². The molecule has 0 N–H and O–H groups in total. The lowest BCUT2D eigenvalue weighted by Crippen LogP contribution is -2.07. The highest BCUT2D eigenvalue weighted by molar-refractivity contribution is 5.91. The lowest BCUT2D eigenvalue weighted by atomic mass is 10.2. The second-order valence-electron chi connectivity index (χ2n) is 2.52. The van der Waals surface area contributed by atoms with Crippen molar-refractivity contribution in [2.24, 2.45) is 0 Å². The molecule has 0 aliphatic heterocycles. The third kappa shape index (κ3) is 2.44. The van der Waals surface area contributed by atoms with Crippen LogP contribution in [0.25, 0.3) is 0 Å². The van der Waals surface area contributed by atoms with Gasteiger partial charge in [-0.05, 0) is 18.9 Å². The average molecular weight is 206 g/mol. The number of ether oxygens (including phenoxy) is 2. The van der Waals surface area contributed by atoms with Gasteiger partial charge in [-0.1, -0.05) is 5.92 Å². The summed E-state index contributed by atoms with van der Waals surface area (Å²) in [4.78, 5) is 11.3. The summed E-state index contributed by atoms with van der Waals surface area (Å²) in [6.45, 7) is 1.67. The van der Waals surface area contributed by atoms with Gasteiger partial charge in [-0.2, -0.15) is 0 Å². The molecule has 0 saturated heterocycles. The van der Waals surface area contributed by atoms with E-state index >= 15 is 0 Å². The van der Waals surface area contributed by atoms with Crippen LogP contribution in [-0.2, 0) is 4.74 Å². The number of hydrogen-bond acceptors (Lipinski definition) is 5. The molecule has 0 aliphatic rings. The number of esters is 1. The summed E-state index contributed by atoms with van der Waals surface area (Å²) in [6, 6.07) is 1.48. The number of methoxy groups -OCH3 is 2. The lowest BCUT2D eigenvalue weighted by molar-refractivity contribution is 0.0595. The van der Waals surface area contributed by atoms with E-state index in [1.165, 1.54) is 20.3 Å². The van der Waals surface area contributed by atoms with Crippen LogP contribution in [0, 0.1) is 11.8 Å². The first kappa shape index (κ1) is 11.0. The van der Waals surface area contributed by atoms with Gasteiger partial charge in [0.2, 0.25) is 5.88 Å². The zero-order chi connectivity index (χ0) is 11.3.